The van der Waals surface area contributed by atoms with E-state index in [1.54, 1.807) is 0 Å². The van der Waals surface area contributed by atoms with Gasteiger partial charge in [0, 0.05) is 13.3 Å². The van der Waals surface area contributed by atoms with Gasteiger partial charge in [-0.2, -0.15) is 0 Å². The second-order valence-corrected chi connectivity index (χ2v) is 5.77. The van der Waals surface area contributed by atoms with E-state index in [-0.39, 0.29) is 6.16 Å². The summed E-state index contributed by atoms with van der Waals surface area (Å²) in [5.74, 6) is 0. The van der Waals surface area contributed by atoms with Crippen LogP contribution in [0.3, 0.4) is 0 Å². The first-order valence-corrected chi connectivity index (χ1v) is 7.54. The molecule has 1 atom stereocenters. The highest BCUT2D eigenvalue weighted by Gasteiger charge is 2.15. The summed E-state index contributed by atoms with van der Waals surface area (Å²) >= 11 is 0. The molecular formula is C12H19O5P. The van der Waals surface area contributed by atoms with Crippen molar-refractivity contribution in [1.82, 2.24) is 0 Å². The molecule has 2 N–H and O–H groups in total. The van der Waals surface area contributed by atoms with E-state index in [0.29, 0.717) is 19.4 Å². The maximum atomic E-state index is 10.7. The molecule has 5 nitrogen and oxygen atoms in total. The Morgan fingerprint density at radius 3 is 2.50 bits per heavy atom. The molecule has 0 saturated carbocycles. The minimum Gasteiger partial charge on any atom is -0.356 e. The molecule has 0 bridgehead atoms. The third-order valence-corrected chi connectivity index (χ3v) is 3.33. The normalized spacial score (nSPS) is 13.5. The topological polar surface area (TPSA) is 76.0 Å². The van der Waals surface area contributed by atoms with Crippen LogP contribution in [0.15, 0.2) is 30.3 Å². The zero-order chi connectivity index (χ0) is 13.4. The van der Waals surface area contributed by atoms with Gasteiger partial charge in [-0.25, -0.2) is 0 Å². The van der Waals surface area contributed by atoms with Gasteiger partial charge in [-0.1, -0.05) is 30.3 Å². The van der Waals surface area contributed by atoms with Gasteiger partial charge in [0.25, 0.3) is 0 Å². The highest BCUT2D eigenvalue weighted by Crippen LogP contribution is 2.35. The maximum Gasteiger partial charge on any atom is 0.325 e. The number of ether oxygens (including phenoxy) is 2. The quantitative estimate of drug-likeness (QED) is 0.561. The van der Waals surface area contributed by atoms with Crippen LogP contribution < -0.4 is 0 Å². The van der Waals surface area contributed by atoms with Crippen LogP contribution >= 0.6 is 7.60 Å². The smallest absolute Gasteiger partial charge is 0.325 e. The van der Waals surface area contributed by atoms with Gasteiger partial charge >= 0.3 is 7.60 Å². The Kier molecular flexibility index (Phi) is 6.54. The van der Waals surface area contributed by atoms with E-state index < -0.39 is 13.9 Å². The van der Waals surface area contributed by atoms with Crippen LogP contribution in [0.1, 0.15) is 18.4 Å². The Bertz CT molecular complexity index is 375. The van der Waals surface area contributed by atoms with E-state index in [4.69, 9.17) is 19.3 Å². The third-order valence-electron chi connectivity index (χ3n) is 2.43. The molecule has 0 aliphatic rings. The van der Waals surface area contributed by atoms with Crippen molar-refractivity contribution in [2.24, 2.45) is 0 Å². The van der Waals surface area contributed by atoms with Gasteiger partial charge in [0.2, 0.25) is 0 Å². The Labute approximate surface area is 107 Å². The largest absolute Gasteiger partial charge is 0.356 e. The number of rotatable bonds is 8. The van der Waals surface area contributed by atoms with Crippen molar-refractivity contribution in [2.45, 2.75) is 25.7 Å². The lowest BCUT2D eigenvalue weighted by Gasteiger charge is -2.16. The molecule has 1 aromatic carbocycles. The third kappa shape index (κ3) is 6.89. The summed E-state index contributed by atoms with van der Waals surface area (Å²) in [4.78, 5) is 17.5. The molecule has 0 spiro atoms. The van der Waals surface area contributed by atoms with Gasteiger partial charge in [0.05, 0.1) is 6.61 Å². The predicted octanol–water partition coefficient (Wildman–Crippen LogP) is 2.13. The number of benzene rings is 1. The first-order chi connectivity index (χ1) is 8.51. The van der Waals surface area contributed by atoms with Gasteiger partial charge in [-0.05, 0) is 18.4 Å². The maximum absolute atomic E-state index is 10.7. The zero-order valence-electron chi connectivity index (χ0n) is 10.4. The van der Waals surface area contributed by atoms with E-state index in [9.17, 15) is 4.57 Å². The molecule has 0 heterocycles. The lowest BCUT2D eigenvalue weighted by Crippen LogP contribution is -2.15. The molecular weight excluding hydrogens is 255 g/mol. The van der Waals surface area contributed by atoms with Crippen LogP contribution in [0, 0.1) is 0 Å². The number of hydrogen-bond acceptors (Lipinski definition) is 3. The van der Waals surface area contributed by atoms with E-state index >= 15 is 0 Å². The fourth-order valence-corrected chi connectivity index (χ4v) is 2.09. The molecule has 6 heteroatoms. The van der Waals surface area contributed by atoms with Gasteiger partial charge in [-0.15, -0.1) is 0 Å². The molecule has 102 valence electrons. The standard InChI is InChI=1S/C12H19O5P/c1-16-12(8-5-9-18(13,14)15)17-10-11-6-3-2-4-7-11/h2-4,6-7,12H,5,8-10H2,1H3,(H2,13,14,15). The Balaban J connectivity index is 2.27. The van der Waals surface area contributed by atoms with Gasteiger partial charge < -0.3 is 19.3 Å². The summed E-state index contributed by atoms with van der Waals surface area (Å²) in [5, 5.41) is 0. The van der Waals surface area contributed by atoms with E-state index in [2.05, 4.69) is 0 Å². The van der Waals surface area contributed by atoms with Crippen LogP contribution in [-0.4, -0.2) is 29.3 Å². The van der Waals surface area contributed by atoms with Crippen molar-refractivity contribution >= 4 is 7.60 Å². The second kappa shape index (κ2) is 7.67. The molecule has 0 amide bonds. The number of methoxy groups -OCH3 is 1. The molecule has 0 aliphatic carbocycles. The highest BCUT2D eigenvalue weighted by molar-refractivity contribution is 7.51. The molecule has 0 radical (unpaired) electrons. The minimum atomic E-state index is -3.92. The molecule has 0 aromatic heterocycles. The van der Waals surface area contributed by atoms with Crippen molar-refractivity contribution in [3.8, 4) is 0 Å². The van der Waals surface area contributed by atoms with E-state index in [1.807, 2.05) is 30.3 Å². The monoisotopic (exact) mass is 274 g/mol. The summed E-state index contributed by atoms with van der Waals surface area (Å²) < 4.78 is 21.3. The Morgan fingerprint density at radius 1 is 1.28 bits per heavy atom. The highest BCUT2D eigenvalue weighted by atomic mass is 31.2. The molecule has 0 aliphatic heterocycles. The van der Waals surface area contributed by atoms with Crippen molar-refractivity contribution in [3.63, 3.8) is 0 Å². The van der Waals surface area contributed by atoms with E-state index in [0.717, 1.165) is 5.56 Å². The summed E-state index contributed by atoms with van der Waals surface area (Å²) in [5.41, 5.74) is 1.04. The first-order valence-electron chi connectivity index (χ1n) is 5.74. The van der Waals surface area contributed by atoms with Crippen LogP contribution in [0.25, 0.3) is 0 Å². The summed E-state index contributed by atoms with van der Waals surface area (Å²) in [7, 11) is -2.40. The van der Waals surface area contributed by atoms with Crippen LogP contribution in [0.2, 0.25) is 0 Å². The van der Waals surface area contributed by atoms with Crippen molar-refractivity contribution in [1.29, 1.82) is 0 Å². The minimum absolute atomic E-state index is 0.137. The SMILES string of the molecule is COC(CCCP(=O)(O)O)OCc1ccccc1. The lowest BCUT2D eigenvalue weighted by atomic mass is 10.2. The van der Waals surface area contributed by atoms with Crippen LogP contribution in [0.4, 0.5) is 0 Å². The zero-order valence-corrected chi connectivity index (χ0v) is 11.3. The molecule has 0 saturated heterocycles. The van der Waals surface area contributed by atoms with E-state index in [1.165, 1.54) is 7.11 Å². The predicted molar refractivity (Wildman–Crippen MR) is 68.2 cm³/mol. The molecule has 0 fully saturated rings. The fraction of sp³-hybridized carbons (Fsp3) is 0.500. The molecule has 1 rings (SSSR count). The number of hydrogen-bond donors (Lipinski definition) is 2. The second-order valence-electron chi connectivity index (χ2n) is 3.99. The van der Waals surface area contributed by atoms with Crippen LogP contribution in [0.5, 0.6) is 0 Å². The average Bonchev–Trinajstić information content (AvgIpc) is 2.33. The van der Waals surface area contributed by atoms with Gasteiger partial charge in [0.15, 0.2) is 6.29 Å². The molecule has 1 unspecified atom stereocenters. The summed E-state index contributed by atoms with van der Waals surface area (Å²) in [6.07, 6.45) is 0.268. The van der Waals surface area contributed by atoms with Crippen LogP contribution in [-0.2, 0) is 20.6 Å². The molecule has 1 aromatic rings. The first kappa shape index (κ1) is 15.3. The Hall–Kier alpha value is -0.710. The molecule has 18 heavy (non-hydrogen) atoms. The Morgan fingerprint density at radius 2 is 1.94 bits per heavy atom. The van der Waals surface area contributed by atoms with Gasteiger partial charge in [0.1, 0.15) is 0 Å². The average molecular weight is 274 g/mol. The summed E-state index contributed by atoms with van der Waals surface area (Å²) in [6.45, 7) is 0.426. The van der Waals surface area contributed by atoms with Crippen molar-refractivity contribution in [2.75, 3.05) is 13.3 Å². The fourth-order valence-electron chi connectivity index (χ4n) is 1.50. The lowest BCUT2D eigenvalue weighted by molar-refractivity contribution is -0.135. The van der Waals surface area contributed by atoms with Crippen molar-refractivity contribution < 1.29 is 23.8 Å². The van der Waals surface area contributed by atoms with Crippen molar-refractivity contribution in [3.05, 3.63) is 35.9 Å². The van der Waals surface area contributed by atoms with Gasteiger partial charge in [-0.3, -0.25) is 4.57 Å². The summed E-state index contributed by atoms with van der Waals surface area (Å²) in [6, 6.07) is 9.67.